The van der Waals surface area contributed by atoms with Gasteiger partial charge in [0, 0.05) is 28.3 Å². The van der Waals surface area contributed by atoms with Crippen LogP contribution in [0.5, 0.6) is 0 Å². The molecule has 3 aromatic rings. The molecule has 7 heteroatoms. The van der Waals surface area contributed by atoms with Crippen molar-refractivity contribution >= 4 is 23.2 Å². The van der Waals surface area contributed by atoms with E-state index in [1.807, 2.05) is 0 Å². The van der Waals surface area contributed by atoms with Gasteiger partial charge in [0.15, 0.2) is 5.15 Å². The molecule has 0 fully saturated rings. The molecule has 0 aliphatic carbocycles. The predicted molar refractivity (Wildman–Crippen MR) is 87.5 cm³/mol. The minimum Gasteiger partial charge on any atom is -0.207 e. The van der Waals surface area contributed by atoms with Gasteiger partial charge in [0.2, 0.25) is 0 Å². The van der Waals surface area contributed by atoms with Crippen LogP contribution in [0, 0.1) is 24.4 Å². The van der Waals surface area contributed by atoms with Gasteiger partial charge in [-0.3, -0.25) is 0 Å². The van der Waals surface area contributed by atoms with Crippen molar-refractivity contribution in [1.29, 1.82) is 0 Å². The molecule has 0 aliphatic rings. The van der Waals surface area contributed by atoms with Crippen LogP contribution in [0.3, 0.4) is 0 Å². The van der Waals surface area contributed by atoms with Gasteiger partial charge in [-0.25, -0.2) is 13.2 Å². The zero-order valence-corrected chi connectivity index (χ0v) is 13.8. The summed E-state index contributed by atoms with van der Waals surface area (Å²) in [6.07, 6.45) is 0. The van der Waals surface area contributed by atoms with E-state index in [0.29, 0.717) is 34.0 Å². The van der Waals surface area contributed by atoms with E-state index >= 15 is 0 Å². The number of aromatic nitrogens is 2. The summed E-state index contributed by atoms with van der Waals surface area (Å²) in [5.41, 5.74) is 0.882. The van der Waals surface area contributed by atoms with Crippen LogP contribution in [0.1, 0.15) is 5.69 Å². The topological polar surface area (TPSA) is 25.8 Å². The van der Waals surface area contributed by atoms with E-state index in [0.717, 1.165) is 0 Å². The maximum Gasteiger partial charge on any atom is 0.160 e. The number of aryl methyl sites for hydroxylation is 1. The Labute approximate surface area is 145 Å². The molecule has 0 amide bonds. The zero-order chi connectivity index (χ0) is 17.4. The highest BCUT2D eigenvalue weighted by atomic mass is 35.5. The number of rotatable bonds is 2. The van der Waals surface area contributed by atoms with Gasteiger partial charge in [-0.1, -0.05) is 35.3 Å². The van der Waals surface area contributed by atoms with Crippen molar-refractivity contribution in [2.75, 3.05) is 0 Å². The van der Waals surface area contributed by atoms with Crippen molar-refractivity contribution in [3.8, 4) is 22.3 Å². The Morgan fingerprint density at radius 2 is 1.50 bits per heavy atom. The minimum atomic E-state index is -1.08. The molecular weight excluding hydrogens is 360 g/mol. The molecule has 0 saturated carbocycles. The summed E-state index contributed by atoms with van der Waals surface area (Å²) in [5.74, 6) is -3.18. The summed E-state index contributed by atoms with van der Waals surface area (Å²) in [6, 6.07) is 7.85. The Hall–Kier alpha value is -2.11. The molecule has 0 N–H and O–H groups in total. The van der Waals surface area contributed by atoms with Crippen LogP contribution in [0.4, 0.5) is 13.2 Å². The molecule has 3 rings (SSSR count). The van der Waals surface area contributed by atoms with Gasteiger partial charge < -0.3 is 0 Å². The molecule has 0 atom stereocenters. The number of halogens is 5. The smallest absolute Gasteiger partial charge is 0.160 e. The van der Waals surface area contributed by atoms with Crippen LogP contribution in [0.15, 0.2) is 36.4 Å². The highest BCUT2D eigenvalue weighted by Gasteiger charge is 2.23. The summed E-state index contributed by atoms with van der Waals surface area (Å²) >= 11 is 12.1. The van der Waals surface area contributed by atoms with E-state index < -0.39 is 23.0 Å². The normalized spacial score (nSPS) is 10.9. The third kappa shape index (κ3) is 2.97. The lowest BCUT2D eigenvalue weighted by Crippen LogP contribution is -2.01. The molecule has 0 radical (unpaired) electrons. The van der Waals surface area contributed by atoms with Crippen LogP contribution in [0.25, 0.3) is 22.3 Å². The summed E-state index contributed by atoms with van der Waals surface area (Å²) in [6.45, 7) is 1.63. The fraction of sp³-hybridized carbons (Fsp3) is 0.0588. The predicted octanol–water partition coefficient (Wildman–Crippen LogP) is 5.84. The van der Waals surface area contributed by atoms with Gasteiger partial charge >= 0.3 is 0 Å². The number of nitrogens with zero attached hydrogens (tertiary/aromatic N) is 2. The lowest BCUT2D eigenvalue weighted by atomic mass is 9.94. The maximum absolute atomic E-state index is 14.3. The lowest BCUT2D eigenvalue weighted by molar-refractivity contribution is 0.548. The van der Waals surface area contributed by atoms with E-state index in [4.69, 9.17) is 23.2 Å². The van der Waals surface area contributed by atoms with Crippen LogP contribution >= 0.6 is 23.2 Å². The molecule has 0 unspecified atom stereocenters. The average Bonchev–Trinajstić information content (AvgIpc) is 2.49. The largest absolute Gasteiger partial charge is 0.207 e. The monoisotopic (exact) mass is 368 g/mol. The third-order valence-corrected chi connectivity index (χ3v) is 3.98. The molecule has 0 bridgehead atoms. The summed E-state index contributed by atoms with van der Waals surface area (Å²) in [7, 11) is 0. The zero-order valence-electron chi connectivity index (χ0n) is 12.2. The fourth-order valence-electron chi connectivity index (χ4n) is 2.51. The van der Waals surface area contributed by atoms with Crippen molar-refractivity contribution in [2.45, 2.75) is 6.92 Å². The Balaban J connectivity index is 2.40. The first-order chi connectivity index (χ1) is 11.4. The molecule has 0 spiro atoms. The highest BCUT2D eigenvalue weighted by Crippen LogP contribution is 2.40. The first-order valence-electron chi connectivity index (χ1n) is 6.82. The number of hydrogen-bond acceptors (Lipinski definition) is 2. The van der Waals surface area contributed by atoms with Crippen molar-refractivity contribution in [2.24, 2.45) is 0 Å². The van der Waals surface area contributed by atoms with Crippen LogP contribution in [-0.2, 0) is 0 Å². The molecular formula is C17H9Cl2F3N2. The van der Waals surface area contributed by atoms with Gasteiger partial charge in [0.05, 0.1) is 11.3 Å². The second kappa shape index (κ2) is 6.42. The second-order valence-electron chi connectivity index (χ2n) is 5.08. The van der Waals surface area contributed by atoms with E-state index in [1.54, 1.807) is 31.2 Å². The van der Waals surface area contributed by atoms with Gasteiger partial charge in [-0.2, -0.15) is 5.10 Å². The van der Waals surface area contributed by atoms with Crippen molar-refractivity contribution < 1.29 is 13.2 Å². The van der Waals surface area contributed by atoms with E-state index in [1.165, 1.54) is 0 Å². The van der Waals surface area contributed by atoms with E-state index in [-0.39, 0.29) is 10.7 Å². The SMILES string of the molecule is Cc1nnc(Cl)c(-c2c(F)cc(F)cc2F)c1-c1cccc(Cl)c1. The van der Waals surface area contributed by atoms with E-state index in [9.17, 15) is 13.2 Å². The Bertz CT molecular complexity index is 922. The van der Waals surface area contributed by atoms with Crippen LogP contribution in [0.2, 0.25) is 10.2 Å². The summed E-state index contributed by atoms with van der Waals surface area (Å²) in [5, 5.41) is 7.87. The standard InChI is InChI=1S/C17H9Cl2F3N2/c1-8-14(9-3-2-4-10(18)5-9)16(17(19)24-23-8)15-12(21)6-11(20)7-13(15)22/h2-7H,1H3. The molecule has 2 aromatic carbocycles. The van der Waals surface area contributed by atoms with Crippen LogP contribution < -0.4 is 0 Å². The Morgan fingerprint density at radius 3 is 2.12 bits per heavy atom. The van der Waals surface area contributed by atoms with Gasteiger partial charge in [0.25, 0.3) is 0 Å². The van der Waals surface area contributed by atoms with Gasteiger partial charge in [-0.15, -0.1) is 5.10 Å². The highest BCUT2D eigenvalue weighted by molar-refractivity contribution is 6.33. The third-order valence-electron chi connectivity index (χ3n) is 3.48. The minimum absolute atomic E-state index is 0.00133. The van der Waals surface area contributed by atoms with Gasteiger partial charge in [0.1, 0.15) is 17.5 Å². The number of hydrogen-bond donors (Lipinski definition) is 0. The fourth-order valence-corrected chi connectivity index (χ4v) is 2.93. The molecule has 122 valence electrons. The quantitative estimate of drug-likeness (QED) is 0.567. The lowest BCUT2D eigenvalue weighted by Gasteiger charge is -2.15. The van der Waals surface area contributed by atoms with Crippen molar-refractivity contribution in [3.05, 3.63) is 69.7 Å². The first kappa shape index (κ1) is 16.7. The molecule has 2 nitrogen and oxygen atoms in total. The Kier molecular flexibility index (Phi) is 4.47. The summed E-state index contributed by atoms with van der Waals surface area (Å²) < 4.78 is 41.8. The first-order valence-corrected chi connectivity index (χ1v) is 7.57. The molecule has 1 aromatic heterocycles. The average molecular weight is 369 g/mol. The maximum atomic E-state index is 14.3. The Morgan fingerprint density at radius 1 is 0.833 bits per heavy atom. The van der Waals surface area contributed by atoms with Crippen molar-refractivity contribution in [3.63, 3.8) is 0 Å². The molecule has 24 heavy (non-hydrogen) atoms. The molecule has 0 aliphatic heterocycles. The number of benzene rings is 2. The molecule has 0 saturated heterocycles. The van der Waals surface area contributed by atoms with E-state index in [2.05, 4.69) is 10.2 Å². The summed E-state index contributed by atoms with van der Waals surface area (Å²) in [4.78, 5) is 0. The second-order valence-corrected chi connectivity index (χ2v) is 5.88. The molecule has 1 heterocycles. The van der Waals surface area contributed by atoms with Crippen LogP contribution in [-0.4, -0.2) is 10.2 Å². The van der Waals surface area contributed by atoms with Gasteiger partial charge in [-0.05, 0) is 24.6 Å². The van der Waals surface area contributed by atoms with Crippen molar-refractivity contribution in [1.82, 2.24) is 10.2 Å².